The van der Waals surface area contributed by atoms with Gasteiger partial charge < -0.3 is 4.90 Å². The summed E-state index contributed by atoms with van der Waals surface area (Å²) in [5, 5.41) is 1.01. The molecule has 0 aliphatic rings. The molecule has 0 aliphatic carbocycles. The van der Waals surface area contributed by atoms with Crippen LogP contribution in [0.4, 0.5) is 0 Å². The summed E-state index contributed by atoms with van der Waals surface area (Å²) in [5.41, 5.74) is 2.09. The van der Waals surface area contributed by atoms with Crippen LogP contribution in [0.5, 0.6) is 0 Å². The van der Waals surface area contributed by atoms with Crippen LogP contribution in [0.1, 0.15) is 52.6 Å². The second-order valence-corrected chi connectivity index (χ2v) is 6.56. The Kier molecular flexibility index (Phi) is 6.13. The van der Waals surface area contributed by atoms with Crippen LogP contribution in [0.25, 0.3) is 0 Å². The van der Waals surface area contributed by atoms with E-state index in [1.165, 1.54) is 5.56 Å². The lowest BCUT2D eigenvalue weighted by Crippen LogP contribution is -2.32. The lowest BCUT2D eigenvalue weighted by molar-refractivity contribution is 0.0759. The molecule has 0 spiro atoms. The fourth-order valence-corrected chi connectivity index (χ4v) is 3.56. The number of carbonyl (C=O) groups excluding carboxylic acids is 1. The highest BCUT2D eigenvalue weighted by Gasteiger charge is 2.20. The van der Waals surface area contributed by atoms with Crippen molar-refractivity contribution in [3.8, 4) is 0 Å². The second-order valence-electron chi connectivity index (χ2n) is 5.48. The Hall–Kier alpha value is -1.68. The van der Waals surface area contributed by atoms with Gasteiger partial charge in [-0.1, -0.05) is 44.2 Å². The molecule has 0 aliphatic heterocycles. The largest absolute Gasteiger partial charge is 0.338 e. The molecule has 0 unspecified atom stereocenters. The van der Waals surface area contributed by atoms with Gasteiger partial charge in [-0.05, 0) is 25.3 Å². The molecule has 4 heteroatoms. The highest BCUT2D eigenvalue weighted by Crippen LogP contribution is 2.22. The van der Waals surface area contributed by atoms with Crippen molar-refractivity contribution in [3.05, 3.63) is 51.5 Å². The van der Waals surface area contributed by atoms with Crippen molar-refractivity contribution in [3.63, 3.8) is 0 Å². The van der Waals surface area contributed by atoms with Crippen LogP contribution < -0.4 is 0 Å². The van der Waals surface area contributed by atoms with Crippen molar-refractivity contribution in [1.82, 2.24) is 9.88 Å². The van der Waals surface area contributed by atoms with Crippen LogP contribution in [0, 0.1) is 6.92 Å². The number of aryl methyl sites for hydroxylation is 1. The van der Waals surface area contributed by atoms with Crippen molar-refractivity contribution in [2.45, 2.75) is 40.0 Å². The monoisotopic (exact) mass is 316 g/mol. The van der Waals surface area contributed by atoms with Crippen molar-refractivity contribution < 1.29 is 4.79 Å². The number of hydrogen-bond acceptors (Lipinski definition) is 3. The molecule has 0 bridgehead atoms. The summed E-state index contributed by atoms with van der Waals surface area (Å²) in [5.74, 6) is 0.137. The van der Waals surface area contributed by atoms with E-state index in [0.29, 0.717) is 0 Å². The molecule has 0 radical (unpaired) electrons. The fourth-order valence-electron chi connectivity index (χ4n) is 2.50. The zero-order chi connectivity index (χ0) is 15.9. The number of thiazole rings is 1. The molecule has 2 rings (SSSR count). The number of benzene rings is 1. The SMILES string of the molecule is CCCN(CCC)C(=O)c1sc(Cc2ccccc2)nc1C. The lowest BCUT2D eigenvalue weighted by atomic mass is 10.2. The van der Waals surface area contributed by atoms with E-state index in [-0.39, 0.29) is 5.91 Å². The molecule has 0 atom stereocenters. The van der Waals surface area contributed by atoms with Gasteiger partial charge in [0.05, 0.1) is 10.7 Å². The van der Waals surface area contributed by atoms with Gasteiger partial charge in [-0.25, -0.2) is 4.98 Å². The predicted octanol–water partition coefficient (Wildman–Crippen LogP) is 4.30. The summed E-state index contributed by atoms with van der Waals surface area (Å²) in [6.45, 7) is 7.79. The van der Waals surface area contributed by atoms with Crippen molar-refractivity contribution >= 4 is 17.2 Å². The van der Waals surface area contributed by atoms with E-state index in [4.69, 9.17) is 0 Å². The van der Waals surface area contributed by atoms with Crippen molar-refractivity contribution in [2.75, 3.05) is 13.1 Å². The summed E-state index contributed by atoms with van der Waals surface area (Å²) >= 11 is 1.54. The van der Waals surface area contributed by atoms with E-state index in [1.54, 1.807) is 11.3 Å². The predicted molar refractivity (Wildman–Crippen MR) is 92.6 cm³/mol. The molecule has 1 heterocycles. The van der Waals surface area contributed by atoms with Gasteiger partial charge >= 0.3 is 0 Å². The zero-order valence-corrected chi connectivity index (χ0v) is 14.4. The maximum absolute atomic E-state index is 12.7. The average molecular weight is 316 g/mol. The Morgan fingerprint density at radius 1 is 1.14 bits per heavy atom. The van der Waals surface area contributed by atoms with Gasteiger partial charge in [0.25, 0.3) is 5.91 Å². The molecule has 3 nitrogen and oxygen atoms in total. The van der Waals surface area contributed by atoms with Gasteiger partial charge in [0.1, 0.15) is 4.88 Å². The minimum Gasteiger partial charge on any atom is -0.338 e. The van der Waals surface area contributed by atoms with Crippen LogP contribution in [-0.2, 0) is 6.42 Å². The second kappa shape index (κ2) is 8.08. The normalized spacial score (nSPS) is 10.7. The van der Waals surface area contributed by atoms with Gasteiger partial charge in [0, 0.05) is 19.5 Å². The maximum atomic E-state index is 12.7. The smallest absolute Gasteiger partial charge is 0.265 e. The van der Waals surface area contributed by atoms with E-state index >= 15 is 0 Å². The Labute approximate surface area is 137 Å². The number of carbonyl (C=O) groups is 1. The zero-order valence-electron chi connectivity index (χ0n) is 13.6. The van der Waals surface area contributed by atoms with Crippen LogP contribution >= 0.6 is 11.3 Å². The van der Waals surface area contributed by atoms with E-state index in [0.717, 1.165) is 47.9 Å². The number of rotatable bonds is 7. The van der Waals surface area contributed by atoms with Crippen molar-refractivity contribution in [2.24, 2.45) is 0 Å². The summed E-state index contributed by atoms with van der Waals surface area (Å²) in [7, 11) is 0. The Morgan fingerprint density at radius 3 is 2.36 bits per heavy atom. The molecule has 0 N–H and O–H groups in total. The molecule has 1 amide bonds. The minimum absolute atomic E-state index is 0.137. The summed E-state index contributed by atoms with van der Waals surface area (Å²) in [6.07, 6.45) is 2.77. The molecule has 2 aromatic rings. The molecule has 0 saturated carbocycles. The maximum Gasteiger partial charge on any atom is 0.265 e. The first kappa shape index (κ1) is 16.7. The van der Waals surface area contributed by atoms with Gasteiger partial charge in [-0.3, -0.25) is 4.79 Å². The Bertz CT molecular complexity index is 601. The molecule has 22 heavy (non-hydrogen) atoms. The Morgan fingerprint density at radius 2 is 1.77 bits per heavy atom. The first-order valence-corrected chi connectivity index (χ1v) is 8.76. The molecular weight excluding hydrogens is 292 g/mol. The van der Waals surface area contributed by atoms with Crippen LogP contribution in [0.2, 0.25) is 0 Å². The highest BCUT2D eigenvalue weighted by molar-refractivity contribution is 7.13. The molecule has 0 fully saturated rings. The molecule has 0 saturated heterocycles. The number of amides is 1. The average Bonchev–Trinajstić information content (AvgIpc) is 2.88. The highest BCUT2D eigenvalue weighted by atomic mass is 32.1. The Balaban J connectivity index is 2.16. The molecule has 118 valence electrons. The third-order valence-electron chi connectivity index (χ3n) is 3.51. The number of aromatic nitrogens is 1. The summed E-state index contributed by atoms with van der Waals surface area (Å²) in [4.78, 5) is 20.1. The van der Waals surface area contributed by atoms with Gasteiger partial charge in [0.15, 0.2) is 0 Å². The lowest BCUT2D eigenvalue weighted by Gasteiger charge is -2.20. The van der Waals surface area contributed by atoms with Gasteiger partial charge in [-0.15, -0.1) is 11.3 Å². The van der Waals surface area contributed by atoms with Gasteiger partial charge in [-0.2, -0.15) is 0 Å². The van der Waals surface area contributed by atoms with Crippen molar-refractivity contribution in [1.29, 1.82) is 0 Å². The van der Waals surface area contributed by atoms with E-state index in [2.05, 4.69) is 31.0 Å². The first-order valence-electron chi connectivity index (χ1n) is 7.95. The number of nitrogens with zero attached hydrogens (tertiary/aromatic N) is 2. The van der Waals surface area contributed by atoms with Crippen LogP contribution in [0.3, 0.4) is 0 Å². The van der Waals surface area contributed by atoms with E-state index in [9.17, 15) is 4.79 Å². The third kappa shape index (κ3) is 4.17. The quantitative estimate of drug-likeness (QED) is 0.763. The number of hydrogen-bond donors (Lipinski definition) is 0. The fraction of sp³-hybridized carbons (Fsp3) is 0.444. The summed E-state index contributed by atoms with van der Waals surface area (Å²) < 4.78 is 0. The summed E-state index contributed by atoms with van der Waals surface area (Å²) in [6, 6.07) is 10.3. The van der Waals surface area contributed by atoms with E-state index in [1.807, 2.05) is 30.0 Å². The standard InChI is InChI=1S/C18H24N2OS/c1-4-11-20(12-5-2)18(21)17-14(3)19-16(22-17)13-15-9-7-6-8-10-15/h6-10H,4-5,11-13H2,1-3H3. The van der Waals surface area contributed by atoms with Crippen LogP contribution in [0.15, 0.2) is 30.3 Å². The van der Waals surface area contributed by atoms with E-state index < -0.39 is 0 Å². The topological polar surface area (TPSA) is 33.2 Å². The molecule has 1 aromatic carbocycles. The minimum atomic E-state index is 0.137. The third-order valence-corrected chi connectivity index (χ3v) is 4.65. The molecule has 1 aromatic heterocycles. The van der Waals surface area contributed by atoms with Gasteiger partial charge in [0.2, 0.25) is 0 Å². The molecular formula is C18H24N2OS. The van der Waals surface area contributed by atoms with Crippen LogP contribution in [-0.4, -0.2) is 28.9 Å². The first-order chi connectivity index (χ1) is 10.7.